The third kappa shape index (κ3) is 6.06. The lowest BCUT2D eigenvalue weighted by molar-refractivity contribution is -0.139. The van der Waals surface area contributed by atoms with Crippen molar-refractivity contribution in [3.05, 3.63) is 11.6 Å². The van der Waals surface area contributed by atoms with E-state index in [1.54, 1.807) is 0 Å². The number of esters is 1. The third-order valence-corrected chi connectivity index (χ3v) is 3.33. The Morgan fingerprint density at radius 1 is 1.35 bits per heavy atom. The first-order chi connectivity index (χ1) is 9.62. The zero-order chi connectivity index (χ0) is 15.5. The van der Waals surface area contributed by atoms with Crippen LogP contribution in [0.2, 0.25) is 0 Å². The second kappa shape index (κ2) is 10.9. The summed E-state index contributed by atoms with van der Waals surface area (Å²) in [6.07, 6.45) is 5.27. The van der Waals surface area contributed by atoms with Gasteiger partial charge in [-0.05, 0) is 38.7 Å². The zero-order valence-electron chi connectivity index (χ0n) is 13.6. The van der Waals surface area contributed by atoms with Crippen molar-refractivity contribution in [2.45, 2.75) is 78.6 Å². The normalized spacial score (nSPS) is 21.9. The van der Waals surface area contributed by atoms with Crippen molar-refractivity contribution >= 4 is 5.97 Å². The van der Waals surface area contributed by atoms with Crippen LogP contribution >= 0.6 is 0 Å². The molecule has 0 bridgehead atoms. The van der Waals surface area contributed by atoms with Gasteiger partial charge in [-0.15, -0.1) is 0 Å². The monoisotopic (exact) mass is 285 g/mol. The minimum absolute atomic E-state index is 0.0243. The molecule has 0 aromatic carbocycles. The SMILES string of the molecule is CC.CCOC(=O)C1=C[C@@H](OC(CC)CC)[C@H](N)CC1. The predicted octanol–water partition coefficient (Wildman–Crippen LogP) is 3.20. The fourth-order valence-corrected chi connectivity index (χ4v) is 2.13. The summed E-state index contributed by atoms with van der Waals surface area (Å²) in [6.45, 7) is 10.4. The molecule has 0 unspecified atom stereocenters. The van der Waals surface area contributed by atoms with Gasteiger partial charge in [0.2, 0.25) is 0 Å². The first-order valence-corrected chi connectivity index (χ1v) is 7.91. The van der Waals surface area contributed by atoms with Crippen LogP contribution in [0.3, 0.4) is 0 Å². The van der Waals surface area contributed by atoms with E-state index in [2.05, 4.69) is 13.8 Å². The van der Waals surface area contributed by atoms with Crippen LogP contribution in [0.25, 0.3) is 0 Å². The van der Waals surface area contributed by atoms with Gasteiger partial charge < -0.3 is 15.2 Å². The molecule has 2 N–H and O–H groups in total. The molecule has 1 rings (SSSR count). The highest BCUT2D eigenvalue weighted by Crippen LogP contribution is 2.22. The maximum absolute atomic E-state index is 11.7. The predicted molar refractivity (Wildman–Crippen MR) is 82.5 cm³/mol. The number of hydrogen-bond donors (Lipinski definition) is 1. The van der Waals surface area contributed by atoms with Gasteiger partial charge in [-0.3, -0.25) is 0 Å². The van der Waals surface area contributed by atoms with Crippen molar-refractivity contribution < 1.29 is 14.3 Å². The Balaban J connectivity index is 0.00000172. The average Bonchev–Trinajstić information content (AvgIpc) is 2.48. The molecule has 0 aromatic rings. The van der Waals surface area contributed by atoms with Crippen molar-refractivity contribution in [1.82, 2.24) is 0 Å². The van der Waals surface area contributed by atoms with Crippen LogP contribution in [0.4, 0.5) is 0 Å². The van der Waals surface area contributed by atoms with E-state index in [9.17, 15) is 4.79 Å². The molecule has 0 saturated carbocycles. The van der Waals surface area contributed by atoms with Crippen molar-refractivity contribution in [3.63, 3.8) is 0 Å². The average molecular weight is 285 g/mol. The summed E-state index contributed by atoms with van der Waals surface area (Å²) < 4.78 is 11.0. The van der Waals surface area contributed by atoms with Gasteiger partial charge in [0.15, 0.2) is 0 Å². The molecule has 0 aromatic heterocycles. The van der Waals surface area contributed by atoms with E-state index in [4.69, 9.17) is 15.2 Å². The molecule has 0 amide bonds. The van der Waals surface area contributed by atoms with Gasteiger partial charge in [0.1, 0.15) is 0 Å². The number of hydrogen-bond acceptors (Lipinski definition) is 4. The van der Waals surface area contributed by atoms with Crippen LogP contribution in [-0.4, -0.2) is 30.8 Å². The Bertz CT molecular complexity index is 298. The standard InChI is InChI=1S/C14H25NO3.C2H6/c1-4-11(5-2)18-13-9-10(7-8-12(13)15)14(16)17-6-3;1-2/h9,11-13H,4-8,15H2,1-3H3;1-2H3/t12-,13-;/m1./s1. The third-order valence-electron chi connectivity index (χ3n) is 3.33. The molecule has 0 saturated heterocycles. The number of nitrogens with two attached hydrogens (primary N) is 1. The number of rotatable bonds is 6. The van der Waals surface area contributed by atoms with Gasteiger partial charge in [0.25, 0.3) is 0 Å². The Labute approximate surface area is 123 Å². The highest BCUT2D eigenvalue weighted by atomic mass is 16.5. The van der Waals surface area contributed by atoms with Crippen LogP contribution < -0.4 is 5.73 Å². The molecule has 0 aliphatic heterocycles. The lowest BCUT2D eigenvalue weighted by Gasteiger charge is -2.30. The number of ether oxygens (including phenoxy) is 2. The Morgan fingerprint density at radius 3 is 2.45 bits per heavy atom. The number of carbonyl (C=O) groups is 1. The van der Waals surface area contributed by atoms with Crippen LogP contribution in [-0.2, 0) is 14.3 Å². The lowest BCUT2D eigenvalue weighted by Crippen LogP contribution is -2.40. The molecule has 1 aliphatic carbocycles. The summed E-state index contributed by atoms with van der Waals surface area (Å²) >= 11 is 0. The fraction of sp³-hybridized carbons (Fsp3) is 0.812. The fourth-order valence-electron chi connectivity index (χ4n) is 2.13. The topological polar surface area (TPSA) is 61.5 Å². The van der Waals surface area contributed by atoms with Crippen LogP contribution in [0, 0.1) is 0 Å². The summed E-state index contributed by atoms with van der Waals surface area (Å²) in [5.41, 5.74) is 6.75. The molecule has 4 nitrogen and oxygen atoms in total. The van der Waals surface area contributed by atoms with Gasteiger partial charge in [-0.25, -0.2) is 4.79 Å². The molecule has 20 heavy (non-hydrogen) atoms. The highest BCUT2D eigenvalue weighted by molar-refractivity contribution is 5.88. The first-order valence-electron chi connectivity index (χ1n) is 7.91. The molecule has 1 aliphatic rings. The summed E-state index contributed by atoms with van der Waals surface area (Å²) in [4.78, 5) is 11.7. The molecule has 2 atom stereocenters. The van der Waals surface area contributed by atoms with Gasteiger partial charge in [0, 0.05) is 11.6 Å². The molecular weight excluding hydrogens is 254 g/mol. The van der Waals surface area contributed by atoms with Crippen LogP contribution in [0.5, 0.6) is 0 Å². The quantitative estimate of drug-likeness (QED) is 0.761. The Kier molecular flexibility index (Phi) is 10.4. The summed E-state index contributed by atoms with van der Waals surface area (Å²) in [7, 11) is 0. The number of carbonyl (C=O) groups excluding carboxylic acids is 1. The van der Waals surface area contributed by atoms with E-state index in [1.165, 1.54) is 0 Å². The van der Waals surface area contributed by atoms with Gasteiger partial charge in [-0.1, -0.05) is 27.7 Å². The maximum Gasteiger partial charge on any atom is 0.333 e. The van der Waals surface area contributed by atoms with E-state index in [0.717, 1.165) is 19.3 Å². The summed E-state index contributed by atoms with van der Waals surface area (Å²) in [5, 5.41) is 0. The van der Waals surface area contributed by atoms with Crippen molar-refractivity contribution in [1.29, 1.82) is 0 Å². The van der Waals surface area contributed by atoms with Gasteiger partial charge in [0.05, 0.1) is 18.8 Å². The lowest BCUT2D eigenvalue weighted by atomic mass is 9.93. The van der Waals surface area contributed by atoms with Gasteiger partial charge >= 0.3 is 5.97 Å². The second-order valence-electron chi connectivity index (χ2n) is 4.65. The van der Waals surface area contributed by atoms with E-state index in [1.807, 2.05) is 26.8 Å². The molecule has 0 radical (unpaired) electrons. The Hall–Kier alpha value is -0.870. The molecule has 0 spiro atoms. The molecule has 4 heteroatoms. The second-order valence-corrected chi connectivity index (χ2v) is 4.65. The van der Waals surface area contributed by atoms with E-state index < -0.39 is 0 Å². The highest BCUT2D eigenvalue weighted by Gasteiger charge is 2.27. The molecule has 118 valence electrons. The largest absolute Gasteiger partial charge is 0.463 e. The van der Waals surface area contributed by atoms with Crippen molar-refractivity contribution in [2.75, 3.05) is 6.61 Å². The summed E-state index contributed by atoms with van der Waals surface area (Å²) in [5.74, 6) is -0.234. The van der Waals surface area contributed by atoms with E-state index in [-0.39, 0.29) is 24.2 Å². The minimum Gasteiger partial charge on any atom is -0.463 e. The van der Waals surface area contributed by atoms with Crippen LogP contribution in [0.1, 0.15) is 60.3 Å². The maximum atomic E-state index is 11.7. The van der Waals surface area contributed by atoms with E-state index in [0.29, 0.717) is 18.6 Å². The molecule has 0 fully saturated rings. The summed E-state index contributed by atoms with van der Waals surface area (Å²) in [6, 6.07) is -0.0243. The zero-order valence-corrected chi connectivity index (χ0v) is 13.6. The van der Waals surface area contributed by atoms with Crippen molar-refractivity contribution in [2.24, 2.45) is 5.73 Å². The molecular formula is C16H31NO3. The van der Waals surface area contributed by atoms with E-state index >= 15 is 0 Å². The first kappa shape index (κ1) is 19.1. The smallest absolute Gasteiger partial charge is 0.333 e. The molecule has 0 heterocycles. The Morgan fingerprint density at radius 2 is 1.95 bits per heavy atom. The van der Waals surface area contributed by atoms with Crippen LogP contribution in [0.15, 0.2) is 11.6 Å². The van der Waals surface area contributed by atoms with Crippen molar-refractivity contribution in [3.8, 4) is 0 Å². The minimum atomic E-state index is -0.234. The van der Waals surface area contributed by atoms with Gasteiger partial charge in [-0.2, -0.15) is 0 Å².